The number of hydrogen-bond acceptors (Lipinski definition) is 6. The van der Waals surface area contributed by atoms with Crippen molar-refractivity contribution < 1.29 is 19.3 Å². The molecule has 0 fully saturated rings. The lowest BCUT2D eigenvalue weighted by Gasteiger charge is -2.13. The molecule has 2 aromatic rings. The molecule has 26 heavy (non-hydrogen) atoms. The van der Waals surface area contributed by atoms with Crippen LogP contribution in [0.5, 0.6) is 0 Å². The van der Waals surface area contributed by atoms with E-state index in [0.29, 0.717) is 5.82 Å². The molecular weight excluding hydrogens is 408 g/mol. The predicted molar refractivity (Wildman–Crippen MR) is 93.6 cm³/mol. The van der Waals surface area contributed by atoms with Gasteiger partial charge in [0, 0.05) is 35.8 Å². The molecule has 0 atom stereocenters. The molecule has 0 bridgehead atoms. The summed E-state index contributed by atoms with van der Waals surface area (Å²) in [7, 11) is 0. The van der Waals surface area contributed by atoms with Crippen LogP contribution in [-0.2, 0) is 4.79 Å². The summed E-state index contributed by atoms with van der Waals surface area (Å²) < 4.78 is 0.760. The number of aromatic nitrogens is 1. The molecule has 1 N–H and O–H groups in total. The highest BCUT2D eigenvalue weighted by molar-refractivity contribution is 9.10. The van der Waals surface area contributed by atoms with Gasteiger partial charge in [-0.2, -0.15) is 0 Å². The van der Waals surface area contributed by atoms with Gasteiger partial charge in [-0.1, -0.05) is 0 Å². The summed E-state index contributed by atoms with van der Waals surface area (Å²) >= 11 is 3.23. The molecule has 1 aliphatic rings. The van der Waals surface area contributed by atoms with E-state index in [9.17, 15) is 24.5 Å². The zero-order valence-electron chi connectivity index (χ0n) is 13.1. The van der Waals surface area contributed by atoms with Gasteiger partial charge >= 0.3 is 0 Å². The Balaban J connectivity index is 1.66. The van der Waals surface area contributed by atoms with Crippen LogP contribution in [0.25, 0.3) is 0 Å². The summed E-state index contributed by atoms with van der Waals surface area (Å²) in [6, 6.07) is 6.79. The van der Waals surface area contributed by atoms with Crippen molar-refractivity contribution in [2.75, 3.05) is 11.9 Å². The molecular formula is C16H11BrN4O5. The molecule has 1 aliphatic heterocycles. The second kappa shape index (κ2) is 7.00. The van der Waals surface area contributed by atoms with E-state index in [0.717, 1.165) is 15.4 Å². The van der Waals surface area contributed by atoms with Crippen LogP contribution in [-0.4, -0.2) is 39.1 Å². The van der Waals surface area contributed by atoms with Gasteiger partial charge in [0.2, 0.25) is 5.91 Å². The molecule has 132 valence electrons. The van der Waals surface area contributed by atoms with Gasteiger partial charge in [-0.15, -0.1) is 0 Å². The fourth-order valence-electron chi connectivity index (χ4n) is 2.46. The van der Waals surface area contributed by atoms with E-state index in [-0.39, 0.29) is 29.8 Å². The number of anilines is 1. The van der Waals surface area contributed by atoms with Crippen molar-refractivity contribution in [2.45, 2.75) is 6.42 Å². The lowest BCUT2D eigenvalue weighted by atomic mass is 10.1. The van der Waals surface area contributed by atoms with Gasteiger partial charge in [0.1, 0.15) is 5.82 Å². The first-order valence-corrected chi connectivity index (χ1v) is 8.22. The summed E-state index contributed by atoms with van der Waals surface area (Å²) in [6.45, 7) is -0.136. The minimum Gasteiger partial charge on any atom is -0.311 e. The molecule has 0 saturated carbocycles. The lowest BCUT2D eigenvalue weighted by Crippen LogP contribution is -2.32. The molecule has 9 nitrogen and oxygen atoms in total. The van der Waals surface area contributed by atoms with Gasteiger partial charge in [0.25, 0.3) is 17.5 Å². The third-order valence-corrected chi connectivity index (χ3v) is 4.19. The molecule has 3 rings (SSSR count). The number of carbonyl (C=O) groups excluding carboxylic acids is 3. The SMILES string of the molecule is O=C(CCN1C(=O)c2ccc([N+](=O)[O-])cc2C1=O)Nc1ccc(Br)cn1. The maximum absolute atomic E-state index is 12.3. The highest BCUT2D eigenvalue weighted by Gasteiger charge is 2.36. The number of hydrogen-bond donors (Lipinski definition) is 1. The molecule has 1 aromatic carbocycles. The number of pyridine rings is 1. The summed E-state index contributed by atoms with van der Waals surface area (Å²) in [4.78, 5) is 51.7. The van der Waals surface area contributed by atoms with Crippen LogP contribution in [0, 0.1) is 10.1 Å². The second-order valence-electron chi connectivity index (χ2n) is 5.41. The van der Waals surface area contributed by atoms with Crippen molar-refractivity contribution in [3.63, 3.8) is 0 Å². The van der Waals surface area contributed by atoms with E-state index in [1.54, 1.807) is 12.1 Å². The molecule has 0 saturated heterocycles. The van der Waals surface area contributed by atoms with E-state index in [4.69, 9.17) is 0 Å². The van der Waals surface area contributed by atoms with Crippen LogP contribution in [0.1, 0.15) is 27.1 Å². The molecule has 0 unspecified atom stereocenters. The van der Waals surface area contributed by atoms with E-state index in [1.165, 1.54) is 18.3 Å². The van der Waals surface area contributed by atoms with Crippen LogP contribution in [0.15, 0.2) is 41.0 Å². The van der Waals surface area contributed by atoms with Crippen molar-refractivity contribution in [1.29, 1.82) is 0 Å². The number of rotatable bonds is 5. The minimum absolute atomic E-state index is 0.0285. The van der Waals surface area contributed by atoms with Crippen molar-refractivity contribution >= 4 is 45.2 Å². The fraction of sp³-hybridized carbons (Fsp3) is 0.125. The number of nitrogens with one attached hydrogen (secondary N) is 1. The number of fused-ring (bicyclic) bond motifs is 1. The van der Waals surface area contributed by atoms with Crippen molar-refractivity contribution in [3.8, 4) is 0 Å². The van der Waals surface area contributed by atoms with Crippen LogP contribution in [0.4, 0.5) is 11.5 Å². The summed E-state index contributed by atoms with van der Waals surface area (Å²) in [5.74, 6) is -1.30. The molecule has 0 spiro atoms. The maximum Gasteiger partial charge on any atom is 0.270 e. The number of nitrogens with zero attached hydrogens (tertiary/aromatic N) is 3. The largest absolute Gasteiger partial charge is 0.311 e. The maximum atomic E-state index is 12.3. The number of imide groups is 1. The number of nitro groups is 1. The number of benzene rings is 1. The Hall–Kier alpha value is -3.14. The zero-order chi connectivity index (χ0) is 18.8. The number of carbonyl (C=O) groups is 3. The number of amides is 3. The third kappa shape index (κ3) is 3.45. The summed E-state index contributed by atoms with van der Waals surface area (Å²) in [6.07, 6.45) is 1.40. The van der Waals surface area contributed by atoms with Gasteiger partial charge in [-0.05, 0) is 34.1 Å². The van der Waals surface area contributed by atoms with Gasteiger partial charge < -0.3 is 5.32 Å². The van der Waals surface area contributed by atoms with Crippen LogP contribution >= 0.6 is 15.9 Å². The van der Waals surface area contributed by atoms with E-state index >= 15 is 0 Å². The van der Waals surface area contributed by atoms with Crippen molar-refractivity contribution in [1.82, 2.24) is 9.88 Å². The van der Waals surface area contributed by atoms with E-state index in [2.05, 4.69) is 26.2 Å². The highest BCUT2D eigenvalue weighted by atomic mass is 79.9. The molecule has 0 aliphatic carbocycles. The number of nitro benzene ring substituents is 1. The van der Waals surface area contributed by atoms with Gasteiger partial charge in [0.15, 0.2) is 0 Å². The number of non-ortho nitro benzene ring substituents is 1. The quantitative estimate of drug-likeness (QED) is 0.451. The second-order valence-corrected chi connectivity index (χ2v) is 6.32. The number of halogens is 1. The van der Waals surface area contributed by atoms with Crippen molar-refractivity contribution in [2.24, 2.45) is 0 Å². The molecule has 0 radical (unpaired) electrons. The van der Waals surface area contributed by atoms with E-state index < -0.39 is 22.6 Å². The predicted octanol–water partition coefficient (Wildman–Crippen LogP) is 2.38. The Labute approximate surface area is 155 Å². The summed E-state index contributed by atoms with van der Waals surface area (Å²) in [5, 5.41) is 13.4. The minimum atomic E-state index is -0.650. The molecule has 1 aromatic heterocycles. The Kier molecular flexibility index (Phi) is 4.76. The van der Waals surface area contributed by atoms with Gasteiger partial charge in [-0.3, -0.25) is 29.4 Å². The first-order valence-electron chi connectivity index (χ1n) is 7.43. The lowest BCUT2D eigenvalue weighted by molar-refractivity contribution is -0.384. The zero-order valence-corrected chi connectivity index (χ0v) is 14.7. The molecule has 2 heterocycles. The Morgan fingerprint density at radius 2 is 1.92 bits per heavy atom. The Morgan fingerprint density at radius 1 is 1.19 bits per heavy atom. The van der Waals surface area contributed by atoms with Crippen LogP contribution in [0.2, 0.25) is 0 Å². The monoisotopic (exact) mass is 418 g/mol. The standard InChI is InChI=1S/C16H11BrN4O5/c17-9-1-4-13(18-8-9)19-14(22)5-6-20-15(23)11-3-2-10(21(25)26)7-12(11)16(20)24/h1-4,7-8H,5-6H2,(H,18,19,22). The highest BCUT2D eigenvalue weighted by Crippen LogP contribution is 2.26. The topological polar surface area (TPSA) is 123 Å². The third-order valence-electron chi connectivity index (χ3n) is 3.72. The van der Waals surface area contributed by atoms with Gasteiger partial charge in [0.05, 0.1) is 16.1 Å². The average molecular weight is 419 g/mol. The van der Waals surface area contributed by atoms with Gasteiger partial charge in [-0.25, -0.2) is 4.98 Å². The summed E-state index contributed by atoms with van der Waals surface area (Å²) in [5.41, 5.74) is -0.208. The van der Waals surface area contributed by atoms with Crippen LogP contribution < -0.4 is 5.32 Å². The average Bonchev–Trinajstić information content (AvgIpc) is 2.85. The first kappa shape index (κ1) is 17.7. The first-order chi connectivity index (χ1) is 12.4. The Bertz CT molecular complexity index is 929. The smallest absolute Gasteiger partial charge is 0.270 e. The Morgan fingerprint density at radius 3 is 2.58 bits per heavy atom. The molecule has 3 amide bonds. The van der Waals surface area contributed by atoms with E-state index in [1.807, 2.05) is 0 Å². The fourth-order valence-corrected chi connectivity index (χ4v) is 2.70. The normalized spacial score (nSPS) is 12.9. The van der Waals surface area contributed by atoms with Crippen molar-refractivity contribution in [3.05, 3.63) is 62.2 Å². The van der Waals surface area contributed by atoms with Crippen LogP contribution in [0.3, 0.4) is 0 Å². The molecule has 10 heteroatoms.